The lowest BCUT2D eigenvalue weighted by molar-refractivity contribution is -0.0436. The quantitative estimate of drug-likeness (QED) is 0.0951. The first-order valence-corrected chi connectivity index (χ1v) is 23.5. The van der Waals surface area contributed by atoms with Crippen LogP contribution in [0.2, 0.25) is 0 Å². The van der Waals surface area contributed by atoms with Gasteiger partial charge in [0.05, 0.1) is 16.8 Å². The molecule has 6 aromatic rings. The molecule has 1 atom stereocenters. The molecule has 0 radical (unpaired) electrons. The third-order valence-corrected chi connectivity index (χ3v) is 14.6. The standard InChI is InChI=1S/C40H39F3N8O6S4/c1-49(2)19-17-27(24-58-28-10-4-3-5-11-28)44-32-15-14-29(21-34(32)60(54,55)40(41,42)43)61(56,57)48-38(53)33-25-59-39(45-33)51-20-16-26-9-8-12-30(31(26)22-51)37(52)47-35-23-50-18-7-6-13-36(50)46-35/h3-15,18,21,23,25,27,44H,16-17,19-20,22,24H2,1-2H3,(H,47,52)(H,48,53)/t27-/m1/s1. The van der Waals surface area contributed by atoms with Crippen LogP contribution in [0, 0.1) is 0 Å². The number of nitrogens with zero attached hydrogens (tertiary/aromatic N) is 5. The number of aromatic nitrogens is 3. The zero-order valence-electron chi connectivity index (χ0n) is 32.6. The predicted octanol–water partition coefficient (Wildman–Crippen LogP) is 6.54. The molecule has 3 aromatic carbocycles. The molecule has 0 fully saturated rings. The Morgan fingerprint density at radius 3 is 2.46 bits per heavy atom. The van der Waals surface area contributed by atoms with Crippen molar-refractivity contribution >= 4 is 77.1 Å². The molecule has 3 N–H and O–H groups in total. The molecule has 1 aliphatic rings. The summed E-state index contributed by atoms with van der Waals surface area (Å²) in [5.41, 5.74) is -3.74. The number of carbonyl (C=O) groups is 2. The van der Waals surface area contributed by atoms with Crippen LogP contribution in [0.15, 0.2) is 117 Å². The van der Waals surface area contributed by atoms with Crippen molar-refractivity contribution in [2.45, 2.75) is 45.6 Å². The van der Waals surface area contributed by atoms with Crippen LogP contribution in [0.25, 0.3) is 5.65 Å². The number of halogens is 3. The highest BCUT2D eigenvalue weighted by Gasteiger charge is 2.48. The van der Waals surface area contributed by atoms with Gasteiger partial charge in [-0.25, -0.2) is 31.5 Å². The third kappa shape index (κ3) is 10.0. The smallest absolute Gasteiger partial charge is 0.380 e. The number of hydrogen-bond donors (Lipinski definition) is 3. The number of fused-ring (bicyclic) bond motifs is 2. The molecule has 0 saturated heterocycles. The van der Waals surface area contributed by atoms with Gasteiger partial charge in [0.15, 0.2) is 10.9 Å². The van der Waals surface area contributed by atoms with Gasteiger partial charge in [0.2, 0.25) is 0 Å². The lowest BCUT2D eigenvalue weighted by Gasteiger charge is -2.29. The number of alkyl halides is 3. The van der Waals surface area contributed by atoms with Crippen LogP contribution < -0.4 is 20.3 Å². The SMILES string of the molecule is CN(C)CC[C@H](CSc1ccccc1)Nc1ccc(S(=O)(=O)NC(=O)c2csc(N3CCc4cccc(C(=O)Nc5cn6ccccc6n5)c4C3)n2)cc1S(=O)(=O)C(F)(F)F. The molecule has 61 heavy (non-hydrogen) atoms. The Labute approximate surface area is 358 Å². The summed E-state index contributed by atoms with van der Waals surface area (Å²) in [5, 5.41) is 7.44. The summed E-state index contributed by atoms with van der Waals surface area (Å²) in [5.74, 6) is -0.834. The van der Waals surface area contributed by atoms with Crippen LogP contribution in [0.3, 0.4) is 0 Å². The van der Waals surface area contributed by atoms with E-state index in [9.17, 15) is 39.6 Å². The monoisotopic (exact) mass is 912 g/mol. The first-order valence-electron chi connectivity index (χ1n) is 18.7. The van der Waals surface area contributed by atoms with Crippen molar-refractivity contribution in [3.63, 3.8) is 0 Å². The van der Waals surface area contributed by atoms with Crippen molar-refractivity contribution in [1.82, 2.24) is 24.0 Å². The zero-order chi connectivity index (χ0) is 43.5. The first-order chi connectivity index (χ1) is 29.0. The summed E-state index contributed by atoms with van der Waals surface area (Å²) in [7, 11) is -7.37. The summed E-state index contributed by atoms with van der Waals surface area (Å²) in [6, 6.07) is 21.9. The lowest BCUT2D eigenvalue weighted by Crippen LogP contribution is -2.33. The second-order valence-electron chi connectivity index (χ2n) is 14.3. The molecular formula is C40H39F3N8O6S4. The maximum atomic E-state index is 14.1. The van der Waals surface area contributed by atoms with Gasteiger partial charge in [0.1, 0.15) is 16.2 Å². The van der Waals surface area contributed by atoms with E-state index in [1.165, 1.54) is 17.1 Å². The van der Waals surface area contributed by atoms with Gasteiger partial charge < -0.3 is 24.8 Å². The Balaban J connectivity index is 1.08. The number of imidazole rings is 1. The fraction of sp³-hybridized carbons (Fsp3) is 0.250. The Morgan fingerprint density at radius 2 is 1.72 bits per heavy atom. The molecule has 0 saturated carbocycles. The van der Waals surface area contributed by atoms with Gasteiger partial charge in [-0.15, -0.1) is 23.1 Å². The summed E-state index contributed by atoms with van der Waals surface area (Å²) in [4.78, 5) is 38.0. The van der Waals surface area contributed by atoms with Crippen LogP contribution in [-0.2, 0) is 32.8 Å². The van der Waals surface area contributed by atoms with E-state index in [4.69, 9.17) is 0 Å². The number of sulfonamides is 1. The average Bonchev–Trinajstić information content (AvgIpc) is 3.89. The maximum absolute atomic E-state index is 14.1. The van der Waals surface area contributed by atoms with Crippen molar-refractivity contribution in [3.05, 3.63) is 125 Å². The second-order valence-corrected chi connectivity index (χ2v) is 19.8. The number of benzene rings is 3. The van der Waals surface area contributed by atoms with Crippen molar-refractivity contribution in [1.29, 1.82) is 0 Å². The number of thioether (sulfide) groups is 1. The van der Waals surface area contributed by atoms with Crippen LogP contribution in [0.5, 0.6) is 0 Å². The number of anilines is 3. The number of pyridine rings is 1. The van der Waals surface area contributed by atoms with Gasteiger partial charge in [-0.05, 0) is 93.1 Å². The molecule has 0 aliphatic carbocycles. The summed E-state index contributed by atoms with van der Waals surface area (Å²) in [6.45, 7) is 1.23. The molecule has 0 bridgehead atoms. The number of sulfone groups is 1. The van der Waals surface area contributed by atoms with E-state index in [0.717, 1.165) is 39.5 Å². The van der Waals surface area contributed by atoms with E-state index in [-0.39, 0.29) is 18.1 Å². The van der Waals surface area contributed by atoms with Gasteiger partial charge in [0.25, 0.3) is 31.7 Å². The normalized spacial score (nSPS) is 13.8. The minimum Gasteiger partial charge on any atom is -0.380 e. The molecule has 2 amide bonds. The highest BCUT2D eigenvalue weighted by atomic mass is 32.2. The Kier molecular flexibility index (Phi) is 12.8. The third-order valence-electron chi connectivity index (χ3n) is 9.68. The van der Waals surface area contributed by atoms with Gasteiger partial charge >= 0.3 is 5.51 Å². The largest absolute Gasteiger partial charge is 0.501 e. The Hall–Kier alpha value is -5.48. The zero-order valence-corrected chi connectivity index (χ0v) is 35.9. The van der Waals surface area contributed by atoms with Gasteiger partial charge in [-0.1, -0.05) is 36.4 Å². The topological polar surface area (TPSA) is 175 Å². The van der Waals surface area contributed by atoms with E-state index in [1.54, 1.807) is 22.7 Å². The number of carbonyl (C=O) groups excluding carboxylic acids is 2. The van der Waals surface area contributed by atoms with Gasteiger partial charge in [0, 0.05) is 46.9 Å². The van der Waals surface area contributed by atoms with Crippen molar-refractivity contribution in [2.75, 3.05) is 48.5 Å². The van der Waals surface area contributed by atoms with Crippen LogP contribution in [-0.4, -0.2) is 92.4 Å². The van der Waals surface area contributed by atoms with E-state index in [0.29, 0.717) is 59.9 Å². The number of rotatable bonds is 15. The number of amides is 2. The number of hydrogen-bond acceptors (Lipinski definition) is 13. The van der Waals surface area contributed by atoms with Gasteiger partial charge in [-0.3, -0.25) is 9.59 Å². The molecule has 3 aromatic heterocycles. The van der Waals surface area contributed by atoms with E-state index >= 15 is 0 Å². The molecule has 14 nitrogen and oxygen atoms in total. The molecule has 21 heteroatoms. The summed E-state index contributed by atoms with van der Waals surface area (Å²) < 4.78 is 98.7. The Bertz CT molecular complexity index is 2770. The highest BCUT2D eigenvalue weighted by molar-refractivity contribution is 7.99. The van der Waals surface area contributed by atoms with Crippen LogP contribution in [0.4, 0.5) is 29.8 Å². The fourth-order valence-electron chi connectivity index (χ4n) is 6.56. The molecule has 0 spiro atoms. The van der Waals surface area contributed by atoms with Crippen molar-refractivity contribution in [2.24, 2.45) is 0 Å². The predicted molar refractivity (Wildman–Crippen MR) is 229 cm³/mol. The minimum atomic E-state index is -6.08. The van der Waals surface area contributed by atoms with Crippen molar-refractivity contribution < 1.29 is 39.6 Å². The molecule has 1 aliphatic heterocycles. The number of thiazole rings is 1. The molecular weight excluding hydrogens is 874 g/mol. The molecule has 0 unspecified atom stereocenters. The number of nitrogens with one attached hydrogen (secondary N) is 3. The van der Waals surface area contributed by atoms with E-state index in [2.05, 4.69) is 20.6 Å². The minimum absolute atomic E-state index is 0.245. The van der Waals surface area contributed by atoms with E-state index < -0.39 is 52.8 Å². The van der Waals surface area contributed by atoms with Crippen LogP contribution >= 0.6 is 23.1 Å². The van der Waals surface area contributed by atoms with Crippen molar-refractivity contribution in [3.8, 4) is 0 Å². The fourth-order valence-corrected chi connectivity index (χ4v) is 10.4. The van der Waals surface area contributed by atoms with E-state index in [1.807, 2.05) is 89.4 Å². The summed E-state index contributed by atoms with van der Waals surface area (Å²) >= 11 is 2.47. The first kappa shape index (κ1) is 43.6. The molecule has 4 heterocycles. The molecule has 7 rings (SSSR count). The summed E-state index contributed by atoms with van der Waals surface area (Å²) in [6.07, 6.45) is 4.46. The van der Waals surface area contributed by atoms with Gasteiger partial charge in [-0.2, -0.15) is 13.2 Å². The Morgan fingerprint density at radius 1 is 0.951 bits per heavy atom. The molecule has 320 valence electrons. The second kappa shape index (κ2) is 17.9. The highest BCUT2D eigenvalue weighted by Crippen LogP contribution is 2.37. The maximum Gasteiger partial charge on any atom is 0.501 e. The average molecular weight is 913 g/mol. The lowest BCUT2D eigenvalue weighted by atomic mass is 9.94. The van der Waals surface area contributed by atoms with Crippen LogP contribution in [0.1, 0.15) is 38.4 Å².